The van der Waals surface area contributed by atoms with Crippen LogP contribution in [0.25, 0.3) is 0 Å². The number of carbonyl (C=O) groups excluding carboxylic acids is 1. The third-order valence-electron chi connectivity index (χ3n) is 1.59. The lowest BCUT2D eigenvalue weighted by atomic mass is 10.2. The van der Waals surface area contributed by atoms with Crippen LogP contribution in [0.5, 0.6) is 0 Å². The van der Waals surface area contributed by atoms with Crippen LogP contribution in [0.4, 0.5) is 0 Å². The predicted octanol–water partition coefficient (Wildman–Crippen LogP) is -1.44. The van der Waals surface area contributed by atoms with Gasteiger partial charge in [-0.25, -0.2) is 0 Å². The molecule has 0 aromatic heterocycles. The maximum absolute atomic E-state index is 10.7. The van der Waals surface area contributed by atoms with Gasteiger partial charge in [-0.3, -0.25) is 14.6 Å². The van der Waals surface area contributed by atoms with Gasteiger partial charge in [-0.2, -0.15) is 0 Å². The third-order valence-corrected chi connectivity index (χ3v) is 1.59. The number of rotatable bonds is 7. The molecule has 0 fully saturated rings. The average molecular weight is 232 g/mol. The van der Waals surface area contributed by atoms with E-state index in [1.807, 2.05) is 0 Å². The molecule has 0 radical (unpaired) electrons. The number of nitrogens with zero attached hydrogens (tertiary/aromatic N) is 1. The zero-order chi connectivity index (χ0) is 12.6. The summed E-state index contributed by atoms with van der Waals surface area (Å²) in [4.78, 5) is 29.2. The van der Waals surface area contributed by atoms with E-state index in [-0.39, 0.29) is 12.4 Å². The van der Waals surface area contributed by atoms with Crippen molar-refractivity contribution in [3.05, 3.63) is 0 Å². The van der Waals surface area contributed by atoms with Gasteiger partial charge in [0.25, 0.3) is 0 Å². The second kappa shape index (κ2) is 7.46. The Hall–Kier alpha value is -1.83. The first-order valence-corrected chi connectivity index (χ1v) is 4.64. The Morgan fingerprint density at radius 3 is 2.56 bits per heavy atom. The number of hydrogen-bond acceptors (Lipinski definition) is 5. The number of aliphatic carboxylic acids is 1. The third kappa shape index (κ3) is 7.56. The minimum absolute atomic E-state index is 0.0418. The second-order valence-corrected chi connectivity index (χ2v) is 3.05. The molecule has 0 spiro atoms. The standard InChI is InChI=1S/C8H16N4O4/c1-5(13)16-12-6(7(14)15)3-2-4-11-8(9)10/h6,12H,2-4H2,1H3,(H,14,15)(H4,9,10,11)/t6-/m0/s1. The fourth-order valence-electron chi connectivity index (χ4n) is 0.890. The van der Waals surface area contributed by atoms with Crippen molar-refractivity contribution in [1.82, 2.24) is 5.48 Å². The molecule has 0 saturated heterocycles. The maximum Gasteiger partial charge on any atom is 0.324 e. The van der Waals surface area contributed by atoms with Gasteiger partial charge in [0, 0.05) is 13.5 Å². The topological polar surface area (TPSA) is 140 Å². The Balaban J connectivity index is 3.90. The van der Waals surface area contributed by atoms with Gasteiger partial charge in [0.2, 0.25) is 0 Å². The number of nitrogens with one attached hydrogen (secondary N) is 1. The fraction of sp³-hybridized carbons (Fsp3) is 0.625. The quantitative estimate of drug-likeness (QED) is 0.182. The molecule has 0 aliphatic rings. The molecule has 6 N–H and O–H groups in total. The molecule has 0 amide bonds. The van der Waals surface area contributed by atoms with E-state index >= 15 is 0 Å². The molecular weight excluding hydrogens is 216 g/mol. The van der Waals surface area contributed by atoms with Crippen molar-refractivity contribution >= 4 is 17.9 Å². The number of carboxylic acids is 1. The first-order chi connectivity index (χ1) is 7.43. The van der Waals surface area contributed by atoms with E-state index in [0.29, 0.717) is 13.0 Å². The van der Waals surface area contributed by atoms with Crippen LogP contribution in [0.15, 0.2) is 4.99 Å². The summed E-state index contributed by atoms with van der Waals surface area (Å²) in [6, 6.07) is -0.960. The lowest BCUT2D eigenvalue weighted by Crippen LogP contribution is -2.37. The summed E-state index contributed by atoms with van der Waals surface area (Å²) in [6.45, 7) is 1.50. The van der Waals surface area contributed by atoms with Crippen LogP contribution < -0.4 is 16.9 Å². The van der Waals surface area contributed by atoms with Crippen LogP contribution >= 0.6 is 0 Å². The number of carboxylic acid groups (broad SMARTS) is 1. The van der Waals surface area contributed by atoms with Crippen LogP contribution in [0.2, 0.25) is 0 Å². The van der Waals surface area contributed by atoms with Gasteiger partial charge < -0.3 is 21.4 Å². The highest BCUT2D eigenvalue weighted by Crippen LogP contribution is 1.98. The SMILES string of the molecule is CC(=O)ON[C@@H](CCCN=C(N)N)C(=O)O. The zero-order valence-corrected chi connectivity index (χ0v) is 8.97. The van der Waals surface area contributed by atoms with Crippen molar-refractivity contribution in [3.8, 4) is 0 Å². The number of hydrogen-bond donors (Lipinski definition) is 4. The van der Waals surface area contributed by atoms with Crippen molar-refractivity contribution in [1.29, 1.82) is 0 Å². The summed E-state index contributed by atoms with van der Waals surface area (Å²) in [5.41, 5.74) is 12.3. The molecule has 0 aliphatic carbocycles. The molecule has 0 rings (SSSR count). The number of nitrogens with two attached hydrogens (primary N) is 2. The molecule has 1 atom stereocenters. The van der Waals surface area contributed by atoms with E-state index in [1.54, 1.807) is 0 Å². The van der Waals surface area contributed by atoms with Crippen LogP contribution in [0.3, 0.4) is 0 Å². The number of hydroxylamine groups is 1. The van der Waals surface area contributed by atoms with Gasteiger partial charge >= 0.3 is 11.9 Å². The largest absolute Gasteiger partial charge is 0.480 e. The minimum atomic E-state index is -1.11. The summed E-state index contributed by atoms with van der Waals surface area (Å²) in [5.74, 6) is -1.75. The van der Waals surface area contributed by atoms with E-state index in [9.17, 15) is 9.59 Å². The molecule has 0 saturated carbocycles. The van der Waals surface area contributed by atoms with E-state index in [2.05, 4.69) is 15.3 Å². The van der Waals surface area contributed by atoms with Crippen molar-refractivity contribution in [3.63, 3.8) is 0 Å². The van der Waals surface area contributed by atoms with Gasteiger partial charge in [0.1, 0.15) is 6.04 Å². The molecule has 0 aromatic rings. The normalized spacial score (nSPS) is 11.6. The Bertz CT molecular complexity index is 275. The molecule has 92 valence electrons. The zero-order valence-electron chi connectivity index (χ0n) is 8.97. The highest BCUT2D eigenvalue weighted by molar-refractivity contribution is 5.75. The van der Waals surface area contributed by atoms with Gasteiger partial charge in [0.05, 0.1) is 0 Å². The Morgan fingerprint density at radius 2 is 2.12 bits per heavy atom. The molecular formula is C8H16N4O4. The summed E-state index contributed by atoms with van der Waals surface area (Å²) < 4.78 is 0. The highest BCUT2D eigenvalue weighted by Gasteiger charge is 2.17. The summed E-state index contributed by atoms with van der Waals surface area (Å²) in [5, 5.41) is 8.76. The molecule has 0 bridgehead atoms. The molecule has 8 nitrogen and oxygen atoms in total. The smallest absolute Gasteiger partial charge is 0.324 e. The first-order valence-electron chi connectivity index (χ1n) is 4.64. The molecule has 8 heteroatoms. The monoisotopic (exact) mass is 232 g/mol. The Kier molecular flexibility index (Phi) is 6.61. The van der Waals surface area contributed by atoms with Gasteiger partial charge in [-0.15, -0.1) is 5.48 Å². The van der Waals surface area contributed by atoms with Crippen LogP contribution in [-0.2, 0) is 14.4 Å². The van der Waals surface area contributed by atoms with Crippen molar-refractivity contribution in [2.75, 3.05) is 6.54 Å². The van der Waals surface area contributed by atoms with Gasteiger partial charge in [-0.1, -0.05) is 0 Å². The summed E-state index contributed by atoms with van der Waals surface area (Å²) in [7, 11) is 0. The lowest BCUT2D eigenvalue weighted by Gasteiger charge is -2.12. The number of carbonyl (C=O) groups is 2. The molecule has 0 heterocycles. The van der Waals surface area contributed by atoms with Gasteiger partial charge in [0.15, 0.2) is 5.96 Å². The second-order valence-electron chi connectivity index (χ2n) is 3.05. The molecule has 0 aliphatic heterocycles. The van der Waals surface area contributed by atoms with E-state index in [0.717, 1.165) is 0 Å². The lowest BCUT2D eigenvalue weighted by molar-refractivity contribution is -0.156. The maximum atomic E-state index is 10.7. The molecule has 0 aromatic carbocycles. The Morgan fingerprint density at radius 1 is 1.50 bits per heavy atom. The van der Waals surface area contributed by atoms with Crippen LogP contribution in [0, 0.1) is 0 Å². The van der Waals surface area contributed by atoms with Crippen molar-refractivity contribution in [2.45, 2.75) is 25.8 Å². The average Bonchev–Trinajstić information content (AvgIpc) is 2.15. The fourth-order valence-corrected chi connectivity index (χ4v) is 0.890. The van der Waals surface area contributed by atoms with E-state index in [1.165, 1.54) is 6.92 Å². The van der Waals surface area contributed by atoms with Crippen LogP contribution in [-0.4, -0.2) is 35.6 Å². The molecule has 16 heavy (non-hydrogen) atoms. The molecule has 0 unspecified atom stereocenters. The number of aliphatic imine (C=N–C) groups is 1. The predicted molar refractivity (Wildman–Crippen MR) is 56.2 cm³/mol. The van der Waals surface area contributed by atoms with Gasteiger partial charge in [-0.05, 0) is 12.8 Å². The van der Waals surface area contributed by atoms with E-state index in [4.69, 9.17) is 16.6 Å². The Labute approximate surface area is 92.6 Å². The van der Waals surface area contributed by atoms with Crippen molar-refractivity contribution < 1.29 is 19.5 Å². The summed E-state index contributed by atoms with van der Waals surface area (Å²) >= 11 is 0. The minimum Gasteiger partial charge on any atom is -0.480 e. The van der Waals surface area contributed by atoms with E-state index < -0.39 is 18.0 Å². The summed E-state index contributed by atoms with van der Waals surface area (Å²) in [6.07, 6.45) is 0.711. The van der Waals surface area contributed by atoms with Crippen LogP contribution in [0.1, 0.15) is 19.8 Å². The highest BCUT2D eigenvalue weighted by atomic mass is 16.7. The van der Waals surface area contributed by atoms with Crippen molar-refractivity contribution in [2.24, 2.45) is 16.5 Å². The first kappa shape index (κ1) is 14.2. The number of guanidine groups is 1.